The number of hydrogen-bond acceptors (Lipinski definition) is 5. The second-order valence-electron chi connectivity index (χ2n) is 7.01. The van der Waals surface area contributed by atoms with E-state index in [1.807, 2.05) is 0 Å². The van der Waals surface area contributed by atoms with Gasteiger partial charge in [0.25, 0.3) is 0 Å². The zero-order valence-electron chi connectivity index (χ0n) is 16.7. The van der Waals surface area contributed by atoms with Crippen LogP contribution in [0.15, 0.2) is 42.6 Å². The molecule has 1 atom stereocenters. The summed E-state index contributed by atoms with van der Waals surface area (Å²) >= 11 is 0. The van der Waals surface area contributed by atoms with E-state index >= 15 is 0 Å². The van der Waals surface area contributed by atoms with Crippen LogP contribution < -0.4 is 14.8 Å². The number of carboxylic acid groups (broad SMARTS) is 1. The van der Waals surface area contributed by atoms with Crippen LogP contribution in [-0.2, 0) is 4.79 Å². The van der Waals surface area contributed by atoms with Crippen molar-refractivity contribution in [1.82, 2.24) is 4.57 Å². The molecule has 4 rings (SSSR count). The highest BCUT2D eigenvalue weighted by atomic mass is 19.1. The fraction of sp³-hybridized carbons (Fsp3) is 0.182. The van der Waals surface area contributed by atoms with Gasteiger partial charge in [0.05, 0.1) is 31.3 Å². The summed E-state index contributed by atoms with van der Waals surface area (Å²) in [6.07, 6.45) is 1.26. The lowest BCUT2D eigenvalue weighted by Gasteiger charge is -2.27. The molecule has 1 aromatic heterocycles. The van der Waals surface area contributed by atoms with Crippen molar-refractivity contribution in [3.63, 3.8) is 0 Å². The number of para-hydroxylation sites is 1. The minimum absolute atomic E-state index is 0.0262. The molecule has 0 saturated heterocycles. The van der Waals surface area contributed by atoms with Crippen LogP contribution >= 0.6 is 0 Å². The van der Waals surface area contributed by atoms with Gasteiger partial charge >= 0.3 is 5.97 Å². The fourth-order valence-corrected chi connectivity index (χ4v) is 3.87. The Morgan fingerprint density at radius 3 is 2.42 bits per heavy atom. The number of aromatic carboxylic acids is 1. The number of aromatic nitrogens is 1. The van der Waals surface area contributed by atoms with Gasteiger partial charge in [0.1, 0.15) is 11.4 Å². The van der Waals surface area contributed by atoms with Crippen LogP contribution in [0.2, 0.25) is 0 Å². The number of methoxy groups -OCH3 is 2. The van der Waals surface area contributed by atoms with Crippen LogP contribution in [0.1, 0.15) is 34.0 Å². The molecule has 160 valence electrons. The quantitative estimate of drug-likeness (QED) is 0.576. The van der Waals surface area contributed by atoms with Crippen molar-refractivity contribution in [2.45, 2.75) is 12.3 Å². The molecule has 1 aliphatic heterocycles. The van der Waals surface area contributed by atoms with Crippen LogP contribution in [0.5, 0.6) is 17.2 Å². The van der Waals surface area contributed by atoms with E-state index in [4.69, 9.17) is 9.47 Å². The van der Waals surface area contributed by atoms with Gasteiger partial charge in [-0.3, -0.25) is 4.79 Å². The molecule has 0 fully saturated rings. The molecule has 1 aliphatic rings. The van der Waals surface area contributed by atoms with Gasteiger partial charge in [0, 0.05) is 18.5 Å². The molecule has 1 amide bonds. The summed E-state index contributed by atoms with van der Waals surface area (Å²) in [5, 5.41) is 22.5. The molecule has 0 aliphatic carbocycles. The van der Waals surface area contributed by atoms with E-state index in [2.05, 4.69) is 5.32 Å². The number of rotatable bonds is 5. The number of hydrogen-bond donors (Lipinski definition) is 3. The number of carbonyl (C=O) groups is 2. The van der Waals surface area contributed by atoms with Crippen LogP contribution in [-0.4, -0.2) is 40.9 Å². The molecular weight excluding hydrogens is 407 g/mol. The smallest absolute Gasteiger partial charge is 0.339 e. The Balaban J connectivity index is 2.01. The van der Waals surface area contributed by atoms with Gasteiger partial charge in [-0.25, -0.2) is 9.18 Å². The first-order valence-electron chi connectivity index (χ1n) is 9.33. The molecule has 2 aromatic carbocycles. The summed E-state index contributed by atoms with van der Waals surface area (Å²) in [5.74, 6) is -2.79. The highest BCUT2D eigenvalue weighted by molar-refractivity contribution is 6.04. The second kappa shape index (κ2) is 7.67. The number of carbonyl (C=O) groups excluding carboxylic acids is 1. The fourth-order valence-electron chi connectivity index (χ4n) is 3.87. The van der Waals surface area contributed by atoms with Crippen molar-refractivity contribution in [3.05, 3.63) is 65.2 Å². The Morgan fingerprint density at radius 1 is 1.19 bits per heavy atom. The molecule has 31 heavy (non-hydrogen) atoms. The zero-order chi connectivity index (χ0) is 22.3. The lowest BCUT2D eigenvalue weighted by molar-refractivity contribution is -0.116. The Hall–Kier alpha value is -4.01. The number of anilines is 1. The summed E-state index contributed by atoms with van der Waals surface area (Å²) in [4.78, 5) is 24.3. The van der Waals surface area contributed by atoms with Crippen molar-refractivity contribution in [2.75, 3.05) is 19.5 Å². The SMILES string of the molecule is COc1cc([C@@H]2CC(=O)Nc3c(C(=O)O)cn(-c4ccccc4F)c32)cc(OC)c1O. The number of fused-ring (bicyclic) bond motifs is 1. The lowest BCUT2D eigenvalue weighted by Crippen LogP contribution is -2.25. The Morgan fingerprint density at radius 2 is 1.84 bits per heavy atom. The molecule has 0 bridgehead atoms. The minimum atomic E-state index is -1.26. The van der Waals surface area contributed by atoms with Gasteiger partial charge < -0.3 is 29.6 Å². The summed E-state index contributed by atoms with van der Waals surface area (Å²) < 4.78 is 26.5. The van der Waals surface area contributed by atoms with Crippen molar-refractivity contribution >= 4 is 17.6 Å². The minimum Gasteiger partial charge on any atom is -0.502 e. The number of aromatic hydroxyl groups is 1. The van der Waals surface area contributed by atoms with Crippen LogP contribution in [0.3, 0.4) is 0 Å². The molecule has 0 saturated carbocycles. The first kappa shape index (κ1) is 20.3. The number of halogens is 1. The Kier molecular flexibility index (Phi) is 5.02. The predicted octanol–water partition coefficient (Wildman–Crippen LogP) is 3.51. The normalized spacial score (nSPS) is 15.2. The van der Waals surface area contributed by atoms with Crippen molar-refractivity contribution in [1.29, 1.82) is 0 Å². The van der Waals surface area contributed by atoms with Crippen LogP contribution in [0.25, 0.3) is 5.69 Å². The summed E-state index contributed by atoms with van der Waals surface area (Å²) in [5.41, 5.74) is 1.02. The third-order valence-corrected chi connectivity index (χ3v) is 5.27. The third kappa shape index (κ3) is 3.33. The van der Waals surface area contributed by atoms with E-state index in [1.54, 1.807) is 18.2 Å². The number of nitrogens with one attached hydrogen (secondary N) is 1. The zero-order valence-corrected chi connectivity index (χ0v) is 16.7. The molecule has 0 radical (unpaired) electrons. The molecule has 0 spiro atoms. The first-order valence-corrected chi connectivity index (χ1v) is 9.33. The van der Waals surface area contributed by atoms with Gasteiger partial charge in [-0.05, 0) is 29.8 Å². The van der Waals surface area contributed by atoms with E-state index < -0.39 is 23.6 Å². The summed E-state index contributed by atoms with van der Waals surface area (Å²) in [6, 6.07) is 9.04. The van der Waals surface area contributed by atoms with E-state index in [9.17, 15) is 24.2 Å². The number of ether oxygens (including phenoxy) is 2. The maximum Gasteiger partial charge on any atom is 0.339 e. The number of phenols is 1. The Labute approximate surface area is 176 Å². The van der Waals surface area contributed by atoms with Crippen molar-refractivity contribution < 1.29 is 33.7 Å². The maximum atomic E-state index is 14.6. The number of phenolic OH excluding ortho intramolecular Hbond substituents is 1. The maximum absolute atomic E-state index is 14.6. The number of carboxylic acids is 1. The standard InChI is InChI=1S/C22H19FN2O6/c1-30-16-7-11(8-17(31-2)21(16)27)12-9-18(26)24-19-13(22(28)29)10-25(20(12)19)15-6-4-3-5-14(15)23/h3-8,10,12,27H,9H2,1-2H3,(H,24,26)(H,28,29)/t12-/m0/s1. The van der Waals surface area contributed by atoms with Gasteiger partial charge in [0.2, 0.25) is 11.7 Å². The van der Waals surface area contributed by atoms with Gasteiger partial charge in [-0.2, -0.15) is 0 Å². The van der Waals surface area contributed by atoms with Crippen LogP contribution in [0.4, 0.5) is 10.1 Å². The average Bonchev–Trinajstić information content (AvgIpc) is 3.13. The predicted molar refractivity (Wildman–Crippen MR) is 109 cm³/mol. The molecule has 3 N–H and O–H groups in total. The Bertz CT molecular complexity index is 1180. The molecule has 8 nitrogen and oxygen atoms in total. The molecule has 0 unspecified atom stereocenters. The first-order chi connectivity index (χ1) is 14.8. The van der Waals surface area contributed by atoms with Gasteiger partial charge in [-0.1, -0.05) is 12.1 Å². The van der Waals surface area contributed by atoms with E-state index in [-0.39, 0.29) is 40.6 Å². The van der Waals surface area contributed by atoms with E-state index in [0.717, 1.165) is 0 Å². The molecule has 3 aromatic rings. The van der Waals surface area contributed by atoms with E-state index in [1.165, 1.54) is 43.2 Å². The van der Waals surface area contributed by atoms with Gasteiger partial charge in [-0.15, -0.1) is 0 Å². The highest BCUT2D eigenvalue weighted by Gasteiger charge is 2.35. The monoisotopic (exact) mass is 426 g/mol. The molecule has 9 heteroatoms. The number of nitrogens with zero attached hydrogens (tertiary/aromatic N) is 1. The second-order valence-corrected chi connectivity index (χ2v) is 7.01. The lowest BCUT2D eigenvalue weighted by atomic mass is 9.87. The van der Waals surface area contributed by atoms with Crippen LogP contribution in [0, 0.1) is 5.82 Å². The molecular formula is C22H19FN2O6. The van der Waals surface area contributed by atoms with Gasteiger partial charge in [0.15, 0.2) is 11.5 Å². The van der Waals surface area contributed by atoms with Crippen molar-refractivity contribution in [2.24, 2.45) is 0 Å². The summed E-state index contributed by atoms with van der Waals surface area (Å²) in [7, 11) is 2.75. The number of amides is 1. The summed E-state index contributed by atoms with van der Waals surface area (Å²) in [6.45, 7) is 0. The number of benzene rings is 2. The topological polar surface area (TPSA) is 110 Å². The third-order valence-electron chi connectivity index (χ3n) is 5.27. The largest absolute Gasteiger partial charge is 0.502 e. The average molecular weight is 426 g/mol. The molecule has 2 heterocycles. The van der Waals surface area contributed by atoms with Crippen molar-refractivity contribution in [3.8, 4) is 22.9 Å². The highest BCUT2D eigenvalue weighted by Crippen LogP contribution is 2.46. The van der Waals surface area contributed by atoms with E-state index in [0.29, 0.717) is 11.3 Å².